The fourth-order valence-corrected chi connectivity index (χ4v) is 4.38. The van der Waals surface area contributed by atoms with Crippen LogP contribution in [-0.2, 0) is 9.84 Å². The number of rotatable bonds is 3. The summed E-state index contributed by atoms with van der Waals surface area (Å²) < 4.78 is 23.3. The van der Waals surface area contributed by atoms with Gasteiger partial charge in [0.1, 0.15) is 5.41 Å². The minimum atomic E-state index is -3.34. The Morgan fingerprint density at radius 3 is 2.35 bits per heavy atom. The molecule has 1 aromatic carbocycles. The summed E-state index contributed by atoms with van der Waals surface area (Å²) in [4.78, 5) is 0. The molecule has 0 heterocycles. The Morgan fingerprint density at radius 1 is 1.41 bits per heavy atom. The minimum absolute atomic E-state index is 0.423. The van der Waals surface area contributed by atoms with Gasteiger partial charge in [0.25, 0.3) is 0 Å². The molecule has 1 fully saturated rings. The predicted molar refractivity (Wildman–Crippen MR) is 62.9 cm³/mol. The summed E-state index contributed by atoms with van der Waals surface area (Å²) in [7, 11) is -3.34. The summed E-state index contributed by atoms with van der Waals surface area (Å²) >= 11 is 0. The summed E-state index contributed by atoms with van der Waals surface area (Å²) in [6.45, 7) is -0.430. The van der Waals surface area contributed by atoms with Crippen molar-refractivity contribution in [3.63, 3.8) is 0 Å². The molecule has 17 heavy (non-hydrogen) atoms. The van der Waals surface area contributed by atoms with Crippen molar-refractivity contribution in [3.05, 3.63) is 35.9 Å². The number of hydrogen-bond donors (Lipinski definition) is 1. The molecule has 0 bridgehead atoms. The Labute approximate surface area is 100 Å². The standard InChI is InChI=1S/C12H13NO3S/c1-17(15,16)11-10(12(11,7-13)8-14)9-5-3-2-4-6-9/h2-6,10-11,14H,8H2,1H3/t10-,11+,12+/m0/s1. The SMILES string of the molecule is CS(=O)(=O)[C@@H]1[C@H](c2ccccc2)[C@@]1(C#N)CO. The van der Waals surface area contributed by atoms with Crippen LogP contribution in [0.1, 0.15) is 11.5 Å². The molecule has 0 amide bonds. The second-order valence-electron chi connectivity index (χ2n) is 4.45. The van der Waals surface area contributed by atoms with E-state index in [0.29, 0.717) is 0 Å². The molecule has 0 spiro atoms. The molecule has 0 radical (unpaired) electrons. The topological polar surface area (TPSA) is 78.2 Å². The Kier molecular flexibility index (Phi) is 2.72. The Bertz CT molecular complexity index is 561. The van der Waals surface area contributed by atoms with Crippen molar-refractivity contribution in [2.24, 2.45) is 5.41 Å². The van der Waals surface area contributed by atoms with E-state index < -0.39 is 33.0 Å². The number of nitriles is 1. The normalized spacial score (nSPS) is 31.8. The predicted octanol–water partition coefficient (Wildman–Crippen LogP) is 0.699. The van der Waals surface area contributed by atoms with Crippen LogP contribution in [0.15, 0.2) is 30.3 Å². The van der Waals surface area contributed by atoms with Gasteiger partial charge in [0.05, 0.1) is 17.9 Å². The highest BCUT2D eigenvalue weighted by molar-refractivity contribution is 7.91. The molecule has 5 heteroatoms. The van der Waals surface area contributed by atoms with Crippen LogP contribution in [0.25, 0.3) is 0 Å². The van der Waals surface area contributed by atoms with E-state index in [0.717, 1.165) is 11.8 Å². The first-order chi connectivity index (χ1) is 7.97. The lowest BCUT2D eigenvalue weighted by molar-refractivity contribution is 0.242. The van der Waals surface area contributed by atoms with Gasteiger partial charge < -0.3 is 5.11 Å². The number of aliphatic hydroxyl groups is 1. The highest BCUT2D eigenvalue weighted by Gasteiger charge is 2.70. The van der Waals surface area contributed by atoms with Crippen molar-refractivity contribution in [3.8, 4) is 6.07 Å². The van der Waals surface area contributed by atoms with Gasteiger partial charge in [-0.25, -0.2) is 8.42 Å². The largest absolute Gasteiger partial charge is 0.395 e. The molecule has 0 aliphatic heterocycles. The number of aliphatic hydroxyl groups excluding tert-OH is 1. The molecule has 90 valence electrons. The molecule has 2 rings (SSSR count). The Hall–Kier alpha value is -1.38. The van der Waals surface area contributed by atoms with Crippen LogP contribution in [0.2, 0.25) is 0 Å². The third-order valence-electron chi connectivity index (χ3n) is 3.35. The van der Waals surface area contributed by atoms with Crippen molar-refractivity contribution in [2.75, 3.05) is 12.9 Å². The molecule has 4 nitrogen and oxygen atoms in total. The van der Waals surface area contributed by atoms with Crippen LogP contribution < -0.4 is 0 Å². The maximum Gasteiger partial charge on any atom is 0.152 e. The van der Waals surface area contributed by atoms with Gasteiger partial charge in [-0.2, -0.15) is 5.26 Å². The van der Waals surface area contributed by atoms with E-state index in [1.54, 1.807) is 24.3 Å². The van der Waals surface area contributed by atoms with E-state index in [1.807, 2.05) is 12.1 Å². The van der Waals surface area contributed by atoms with Crippen LogP contribution in [0.4, 0.5) is 0 Å². The zero-order valence-electron chi connectivity index (χ0n) is 9.37. The molecule has 3 atom stereocenters. The van der Waals surface area contributed by atoms with Gasteiger partial charge in [0.2, 0.25) is 0 Å². The van der Waals surface area contributed by atoms with E-state index in [-0.39, 0.29) is 0 Å². The molecule has 1 N–H and O–H groups in total. The Morgan fingerprint density at radius 2 is 2.00 bits per heavy atom. The van der Waals surface area contributed by atoms with E-state index >= 15 is 0 Å². The van der Waals surface area contributed by atoms with Crippen molar-refractivity contribution in [2.45, 2.75) is 11.2 Å². The molecule has 0 saturated heterocycles. The van der Waals surface area contributed by atoms with E-state index in [1.165, 1.54) is 0 Å². The van der Waals surface area contributed by atoms with Gasteiger partial charge in [0, 0.05) is 12.2 Å². The highest BCUT2D eigenvalue weighted by Crippen LogP contribution is 2.62. The van der Waals surface area contributed by atoms with E-state index in [4.69, 9.17) is 5.26 Å². The van der Waals surface area contributed by atoms with Gasteiger partial charge in [0.15, 0.2) is 9.84 Å². The number of hydrogen-bond acceptors (Lipinski definition) is 4. The first-order valence-electron chi connectivity index (χ1n) is 5.23. The summed E-state index contributed by atoms with van der Waals surface area (Å²) in [5.41, 5.74) is -0.381. The Balaban J connectivity index is 2.47. The lowest BCUT2D eigenvalue weighted by Crippen LogP contribution is -2.16. The second kappa shape index (κ2) is 3.83. The molecule has 0 aromatic heterocycles. The van der Waals surface area contributed by atoms with Crippen molar-refractivity contribution in [1.29, 1.82) is 5.26 Å². The van der Waals surface area contributed by atoms with Crippen molar-refractivity contribution in [1.82, 2.24) is 0 Å². The quantitative estimate of drug-likeness (QED) is 0.857. The first kappa shape index (κ1) is 12.1. The number of benzene rings is 1. The molecular weight excluding hydrogens is 238 g/mol. The average Bonchev–Trinajstić information content (AvgIpc) is 3.00. The molecular formula is C12H13NO3S. The highest BCUT2D eigenvalue weighted by atomic mass is 32.2. The zero-order valence-corrected chi connectivity index (χ0v) is 10.2. The fraction of sp³-hybridized carbons (Fsp3) is 0.417. The zero-order chi connectivity index (χ0) is 12.7. The lowest BCUT2D eigenvalue weighted by atomic mass is 10.0. The third-order valence-corrected chi connectivity index (χ3v) is 4.96. The summed E-state index contributed by atoms with van der Waals surface area (Å²) in [5.74, 6) is -0.423. The second-order valence-corrected chi connectivity index (χ2v) is 6.62. The van der Waals surface area contributed by atoms with Crippen LogP contribution in [0.3, 0.4) is 0 Å². The summed E-state index contributed by atoms with van der Waals surface area (Å²) in [6.07, 6.45) is 1.11. The van der Waals surface area contributed by atoms with Gasteiger partial charge >= 0.3 is 0 Å². The summed E-state index contributed by atoms with van der Waals surface area (Å²) in [6, 6.07) is 11.0. The van der Waals surface area contributed by atoms with Gasteiger partial charge in [-0.05, 0) is 5.56 Å². The third kappa shape index (κ3) is 1.74. The first-order valence-corrected chi connectivity index (χ1v) is 7.19. The van der Waals surface area contributed by atoms with Crippen LogP contribution in [0.5, 0.6) is 0 Å². The lowest BCUT2D eigenvalue weighted by Gasteiger charge is -2.02. The van der Waals surface area contributed by atoms with E-state index in [2.05, 4.69) is 0 Å². The molecule has 1 aromatic rings. The van der Waals surface area contributed by atoms with Gasteiger partial charge in [-0.3, -0.25) is 0 Å². The molecule has 0 unspecified atom stereocenters. The van der Waals surface area contributed by atoms with Crippen LogP contribution in [-0.4, -0.2) is 31.6 Å². The number of nitrogens with zero attached hydrogens (tertiary/aromatic N) is 1. The van der Waals surface area contributed by atoms with Crippen molar-refractivity contribution >= 4 is 9.84 Å². The van der Waals surface area contributed by atoms with Crippen LogP contribution >= 0.6 is 0 Å². The minimum Gasteiger partial charge on any atom is -0.395 e. The monoisotopic (exact) mass is 251 g/mol. The number of sulfone groups is 1. The van der Waals surface area contributed by atoms with E-state index in [9.17, 15) is 13.5 Å². The maximum atomic E-state index is 11.6. The smallest absolute Gasteiger partial charge is 0.152 e. The molecule has 1 saturated carbocycles. The summed E-state index contributed by atoms with van der Waals surface area (Å²) in [5, 5.41) is 17.7. The van der Waals surface area contributed by atoms with Gasteiger partial charge in [-0.15, -0.1) is 0 Å². The average molecular weight is 251 g/mol. The maximum absolute atomic E-state index is 11.6. The van der Waals surface area contributed by atoms with Crippen LogP contribution in [0, 0.1) is 16.7 Å². The van der Waals surface area contributed by atoms with Crippen molar-refractivity contribution < 1.29 is 13.5 Å². The molecule has 1 aliphatic carbocycles. The fourth-order valence-electron chi connectivity index (χ4n) is 2.52. The molecule has 1 aliphatic rings. The van der Waals surface area contributed by atoms with Gasteiger partial charge in [-0.1, -0.05) is 30.3 Å².